The number of nitriles is 1. The van der Waals surface area contributed by atoms with Crippen LogP contribution in [0.5, 0.6) is 11.5 Å². The number of benzene rings is 2. The molecule has 2 aromatic rings. The Morgan fingerprint density at radius 2 is 1.96 bits per heavy atom. The molecule has 0 radical (unpaired) electrons. The van der Waals surface area contributed by atoms with Crippen molar-refractivity contribution < 1.29 is 13.9 Å². The average molecular weight is 326 g/mol. The van der Waals surface area contributed by atoms with Gasteiger partial charge in [0.1, 0.15) is 5.75 Å². The van der Waals surface area contributed by atoms with E-state index in [2.05, 4.69) is 4.99 Å². The average Bonchev–Trinajstić information content (AvgIpc) is 2.56. The molecule has 0 atom stereocenters. The van der Waals surface area contributed by atoms with Crippen molar-refractivity contribution in [2.45, 2.75) is 26.9 Å². The van der Waals surface area contributed by atoms with Crippen molar-refractivity contribution >= 4 is 11.9 Å². The molecule has 2 aromatic carbocycles. The summed E-state index contributed by atoms with van der Waals surface area (Å²) in [5.74, 6) is 0.178. The molecular weight excluding hydrogens is 307 g/mol. The minimum atomic E-state index is -0.482. The van der Waals surface area contributed by atoms with Gasteiger partial charge >= 0.3 is 0 Å². The summed E-state index contributed by atoms with van der Waals surface area (Å²) in [6, 6.07) is 11.9. The van der Waals surface area contributed by atoms with Crippen LogP contribution in [0.25, 0.3) is 0 Å². The van der Waals surface area contributed by atoms with E-state index >= 15 is 0 Å². The van der Waals surface area contributed by atoms with E-state index < -0.39 is 5.82 Å². The second kappa shape index (κ2) is 8.11. The molecule has 0 saturated heterocycles. The third kappa shape index (κ3) is 4.56. The summed E-state index contributed by atoms with van der Waals surface area (Å²) in [6.07, 6.45) is 1.27. The van der Waals surface area contributed by atoms with Gasteiger partial charge in [-0.15, -0.1) is 0 Å². The van der Waals surface area contributed by atoms with Gasteiger partial charge in [0.2, 0.25) is 0 Å². The quantitative estimate of drug-likeness (QED) is 0.727. The lowest BCUT2D eigenvalue weighted by Gasteiger charge is -2.14. The summed E-state index contributed by atoms with van der Waals surface area (Å²) in [6.45, 7) is 5.99. The number of nitrogens with zero attached hydrogens (tertiary/aromatic N) is 2. The zero-order valence-electron chi connectivity index (χ0n) is 13.9. The Morgan fingerprint density at radius 1 is 1.25 bits per heavy atom. The fraction of sp³-hybridized carbons (Fsp3) is 0.263. The largest absolute Gasteiger partial charge is 0.494 e. The van der Waals surface area contributed by atoms with Crippen molar-refractivity contribution in [2.24, 2.45) is 4.99 Å². The van der Waals surface area contributed by atoms with Crippen LogP contribution in [0.3, 0.4) is 0 Å². The lowest BCUT2D eigenvalue weighted by molar-refractivity contribution is 0.229. The van der Waals surface area contributed by atoms with E-state index in [1.165, 1.54) is 12.3 Å². The van der Waals surface area contributed by atoms with E-state index in [0.29, 0.717) is 23.6 Å². The highest BCUT2D eigenvalue weighted by Gasteiger charge is 2.13. The molecule has 124 valence electrons. The first-order valence-electron chi connectivity index (χ1n) is 7.70. The molecule has 0 fully saturated rings. The molecule has 0 N–H and O–H groups in total. The van der Waals surface area contributed by atoms with E-state index in [4.69, 9.17) is 14.7 Å². The van der Waals surface area contributed by atoms with Gasteiger partial charge in [-0.3, -0.25) is 4.99 Å². The van der Waals surface area contributed by atoms with E-state index in [0.717, 1.165) is 0 Å². The third-order valence-corrected chi connectivity index (χ3v) is 3.06. The van der Waals surface area contributed by atoms with Crippen molar-refractivity contribution in [3.05, 3.63) is 53.3 Å². The van der Waals surface area contributed by atoms with Crippen molar-refractivity contribution in [1.82, 2.24) is 0 Å². The van der Waals surface area contributed by atoms with Gasteiger partial charge in [0.05, 0.1) is 30.0 Å². The predicted octanol–water partition coefficient (Wildman–Crippen LogP) is 4.63. The minimum absolute atomic E-state index is 0.136. The van der Waals surface area contributed by atoms with Gasteiger partial charge in [0, 0.05) is 17.8 Å². The van der Waals surface area contributed by atoms with Crippen LogP contribution < -0.4 is 9.47 Å². The molecule has 0 unspecified atom stereocenters. The number of rotatable bonds is 6. The highest BCUT2D eigenvalue weighted by molar-refractivity contribution is 5.83. The molecule has 2 rings (SSSR count). The maximum Gasteiger partial charge on any atom is 0.174 e. The summed E-state index contributed by atoms with van der Waals surface area (Å²) in [5.41, 5.74) is 1.45. The summed E-state index contributed by atoms with van der Waals surface area (Å²) >= 11 is 0. The van der Waals surface area contributed by atoms with Crippen LogP contribution in [0, 0.1) is 17.1 Å². The smallest absolute Gasteiger partial charge is 0.174 e. The zero-order chi connectivity index (χ0) is 17.5. The Morgan fingerprint density at radius 3 is 2.54 bits per heavy atom. The van der Waals surface area contributed by atoms with Gasteiger partial charge in [-0.05, 0) is 51.1 Å². The first-order valence-corrected chi connectivity index (χ1v) is 7.70. The molecule has 0 aromatic heterocycles. The molecule has 0 spiro atoms. The van der Waals surface area contributed by atoms with E-state index in [9.17, 15) is 4.39 Å². The second-order valence-electron chi connectivity index (χ2n) is 5.34. The Kier molecular flexibility index (Phi) is 5.91. The van der Waals surface area contributed by atoms with Crippen molar-refractivity contribution in [1.29, 1.82) is 5.26 Å². The van der Waals surface area contributed by atoms with Crippen LogP contribution in [0.15, 0.2) is 41.4 Å². The number of aliphatic imine (C=N–C) groups is 1. The summed E-state index contributed by atoms with van der Waals surface area (Å²) in [5, 5.41) is 8.79. The normalized spacial score (nSPS) is 10.8. The Balaban J connectivity index is 2.34. The minimum Gasteiger partial charge on any atom is -0.494 e. The van der Waals surface area contributed by atoms with Gasteiger partial charge in [-0.2, -0.15) is 5.26 Å². The maximum atomic E-state index is 14.6. The maximum absolute atomic E-state index is 14.6. The number of hydrogen-bond acceptors (Lipinski definition) is 4. The summed E-state index contributed by atoms with van der Waals surface area (Å²) in [4.78, 5) is 4.25. The van der Waals surface area contributed by atoms with Gasteiger partial charge in [0.25, 0.3) is 0 Å². The van der Waals surface area contributed by atoms with Gasteiger partial charge in [-0.1, -0.05) is 0 Å². The van der Waals surface area contributed by atoms with Crippen LogP contribution in [-0.2, 0) is 0 Å². The topological polar surface area (TPSA) is 54.6 Å². The molecular formula is C19H19FN2O2. The van der Waals surface area contributed by atoms with Crippen molar-refractivity contribution in [3.63, 3.8) is 0 Å². The molecule has 0 aliphatic heterocycles. The monoisotopic (exact) mass is 326 g/mol. The van der Waals surface area contributed by atoms with Gasteiger partial charge < -0.3 is 9.47 Å². The molecule has 0 saturated carbocycles. The fourth-order valence-corrected chi connectivity index (χ4v) is 2.04. The SMILES string of the molecule is CCOc1cc(C=Nc2ccc(C#N)cc2)c(F)c(OC(C)C)c1. The molecule has 0 aliphatic rings. The summed E-state index contributed by atoms with van der Waals surface area (Å²) < 4.78 is 25.5. The van der Waals surface area contributed by atoms with Gasteiger partial charge in [0.15, 0.2) is 11.6 Å². The third-order valence-electron chi connectivity index (χ3n) is 3.06. The highest BCUT2D eigenvalue weighted by Crippen LogP contribution is 2.28. The van der Waals surface area contributed by atoms with Crippen LogP contribution in [-0.4, -0.2) is 18.9 Å². The fourth-order valence-electron chi connectivity index (χ4n) is 2.04. The standard InChI is InChI=1S/C19H19FN2O2/c1-4-23-17-9-15(19(20)18(10-17)24-13(2)3)12-22-16-7-5-14(11-21)6-8-16/h5-10,12-13H,4H2,1-3H3. The molecule has 5 heteroatoms. The van der Waals surface area contributed by atoms with Crippen molar-refractivity contribution in [3.8, 4) is 17.6 Å². The van der Waals surface area contributed by atoms with E-state index in [1.54, 1.807) is 30.3 Å². The molecule has 4 nitrogen and oxygen atoms in total. The molecule has 0 bridgehead atoms. The number of halogens is 1. The van der Waals surface area contributed by atoms with Gasteiger partial charge in [-0.25, -0.2) is 4.39 Å². The molecule has 0 amide bonds. The zero-order valence-corrected chi connectivity index (χ0v) is 13.9. The second-order valence-corrected chi connectivity index (χ2v) is 5.34. The predicted molar refractivity (Wildman–Crippen MR) is 91.7 cm³/mol. The number of hydrogen-bond donors (Lipinski definition) is 0. The molecule has 0 aliphatic carbocycles. The first kappa shape index (κ1) is 17.5. The lowest BCUT2D eigenvalue weighted by atomic mass is 10.2. The molecule has 24 heavy (non-hydrogen) atoms. The van der Waals surface area contributed by atoms with Crippen LogP contribution in [0.2, 0.25) is 0 Å². The number of ether oxygens (including phenoxy) is 2. The Hall–Kier alpha value is -2.87. The Labute approximate surface area is 141 Å². The van der Waals surface area contributed by atoms with E-state index in [1.807, 2.05) is 26.8 Å². The lowest BCUT2D eigenvalue weighted by Crippen LogP contribution is -2.08. The van der Waals surface area contributed by atoms with E-state index in [-0.39, 0.29) is 17.4 Å². The van der Waals surface area contributed by atoms with Crippen molar-refractivity contribution in [2.75, 3.05) is 6.61 Å². The van der Waals surface area contributed by atoms with Crippen LogP contribution in [0.1, 0.15) is 31.9 Å². The van der Waals surface area contributed by atoms with Crippen LogP contribution >= 0.6 is 0 Å². The van der Waals surface area contributed by atoms with Crippen LogP contribution in [0.4, 0.5) is 10.1 Å². The Bertz CT molecular complexity index is 762. The summed E-state index contributed by atoms with van der Waals surface area (Å²) in [7, 11) is 0. The first-order chi connectivity index (χ1) is 11.5. The molecule has 0 heterocycles. The highest BCUT2D eigenvalue weighted by atomic mass is 19.1.